The highest BCUT2D eigenvalue weighted by atomic mass is 32.2. The summed E-state index contributed by atoms with van der Waals surface area (Å²) >= 11 is 1.14. The van der Waals surface area contributed by atoms with E-state index < -0.39 is 19.9 Å². The van der Waals surface area contributed by atoms with E-state index in [-0.39, 0.29) is 64.1 Å². The minimum Gasteiger partial charge on any atom is -0.511 e. The fourth-order valence-electron chi connectivity index (χ4n) is 7.20. The van der Waals surface area contributed by atoms with E-state index in [0.29, 0.717) is 16.5 Å². The van der Waals surface area contributed by atoms with Crippen LogP contribution < -0.4 is 5.32 Å². The molecule has 6 rings (SSSR count). The number of carbonyl (C=O) groups excluding carboxylic acids is 1. The van der Waals surface area contributed by atoms with Crippen LogP contribution in [0.4, 0.5) is 5.00 Å². The Morgan fingerprint density at radius 3 is 2.61 bits per heavy atom. The number of hydrogen-bond acceptors (Lipinski definition) is 8. The molecule has 0 saturated heterocycles. The number of fused-ring (bicyclic) bond motifs is 6. The number of nitrogens with zero attached hydrogens (tertiary/aromatic N) is 2. The summed E-state index contributed by atoms with van der Waals surface area (Å²) in [7, 11) is -7.47. The maximum Gasteiger partial charge on any atom is 0.287 e. The predicted octanol–water partition coefficient (Wildman–Crippen LogP) is 3.25. The number of carbonyl (C=O) groups is 1. The molecule has 1 aromatic heterocycles. The maximum absolute atomic E-state index is 14.0. The SMILES string of the molecule is CS(=O)(=O)CCc1csc2c1S(=O)(=O)N=C(C1=C(O)C3C4CCC(C4)C3N(C3CCCCC3)C1=O)N2. The molecule has 3 heterocycles. The molecule has 5 aliphatic rings. The van der Waals surface area contributed by atoms with Gasteiger partial charge in [-0.3, -0.25) is 4.79 Å². The Hall–Kier alpha value is -1.92. The zero-order valence-corrected chi connectivity index (χ0v) is 22.6. The number of sulfonamides is 1. The van der Waals surface area contributed by atoms with E-state index in [1.165, 1.54) is 0 Å². The van der Waals surface area contributed by atoms with Crippen molar-refractivity contribution < 1.29 is 26.7 Å². The van der Waals surface area contributed by atoms with Crippen LogP contribution in [0, 0.1) is 17.8 Å². The van der Waals surface area contributed by atoms with Crippen molar-refractivity contribution in [1.82, 2.24) is 4.90 Å². The number of nitrogens with one attached hydrogen (secondary N) is 1. The van der Waals surface area contributed by atoms with E-state index in [1.807, 2.05) is 4.90 Å². The van der Waals surface area contributed by atoms with Gasteiger partial charge >= 0.3 is 0 Å². The van der Waals surface area contributed by atoms with Crippen LogP contribution in [0.2, 0.25) is 0 Å². The van der Waals surface area contributed by atoms with E-state index in [1.54, 1.807) is 5.38 Å². The van der Waals surface area contributed by atoms with Gasteiger partial charge in [0.2, 0.25) is 0 Å². The molecule has 3 aliphatic carbocycles. The van der Waals surface area contributed by atoms with Crippen molar-refractivity contribution in [1.29, 1.82) is 0 Å². The summed E-state index contributed by atoms with van der Waals surface area (Å²) in [5.74, 6) is -0.163. The maximum atomic E-state index is 14.0. The molecular weight excluding hydrogens is 522 g/mol. The number of rotatable bonds is 5. The molecule has 1 amide bonds. The number of amidine groups is 1. The molecule has 9 nitrogen and oxygen atoms in total. The molecule has 36 heavy (non-hydrogen) atoms. The molecule has 2 N–H and O–H groups in total. The number of hydrogen-bond donors (Lipinski definition) is 2. The molecule has 0 spiro atoms. The van der Waals surface area contributed by atoms with Gasteiger partial charge in [-0.15, -0.1) is 15.7 Å². The summed E-state index contributed by atoms with van der Waals surface area (Å²) in [6.07, 6.45) is 9.36. The van der Waals surface area contributed by atoms with E-state index in [0.717, 1.165) is 69.0 Å². The van der Waals surface area contributed by atoms with Gasteiger partial charge in [-0.25, -0.2) is 8.42 Å². The van der Waals surface area contributed by atoms with E-state index >= 15 is 0 Å². The summed E-state index contributed by atoms with van der Waals surface area (Å²) in [4.78, 5) is 16.0. The van der Waals surface area contributed by atoms with Crippen molar-refractivity contribution in [2.75, 3.05) is 17.3 Å². The number of aliphatic hydroxyl groups excluding tert-OH is 1. The smallest absolute Gasteiger partial charge is 0.287 e. The second kappa shape index (κ2) is 8.56. The Labute approximate surface area is 215 Å². The number of sulfone groups is 1. The minimum atomic E-state index is -4.19. The zero-order chi connectivity index (χ0) is 25.4. The van der Waals surface area contributed by atoms with E-state index in [4.69, 9.17) is 0 Å². The highest BCUT2D eigenvalue weighted by Gasteiger charge is 2.58. The minimum absolute atomic E-state index is 0.0188. The van der Waals surface area contributed by atoms with Crippen molar-refractivity contribution in [3.63, 3.8) is 0 Å². The van der Waals surface area contributed by atoms with Gasteiger partial charge in [-0.1, -0.05) is 19.3 Å². The predicted molar refractivity (Wildman–Crippen MR) is 137 cm³/mol. The van der Waals surface area contributed by atoms with Crippen LogP contribution in [0.5, 0.6) is 0 Å². The summed E-state index contributed by atoms with van der Waals surface area (Å²) in [6.45, 7) is 0. The van der Waals surface area contributed by atoms with Crippen LogP contribution >= 0.6 is 11.3 Å². The average molecular weight is 554 g/mol. The highest BCUT2D eigenvalue weighted by molar-refractivity contribution is 7.91. The first-order chi connectivity index (χ1) is 17.0. The summed E-state index contributed by atoms with van der Waals surface area (Å²) in [6, 6.07) is 0.0747. The van der Waals surface area contributed by atoms with Crippen LogP contribution in [-0.4, -0.2) is 62.7 Å². The molecule has 12 heteroatoms. The number of aliphatic hydroxyl groups is 1. The molecule has 1 aromatic rings. The lowest BCUT2D eigenvalue weighted by atomic mass is 9.76. The first kappa shape index (κ1) is 24.4. The normalized spacial score (nSPS) is 31.8. The van der Waals surface area contributed by atoms with Crippen LogP contribution in [0.3, 0.4) is 0 Å². The molecule has 2 aliphatic heterocycles. The van der Waals surface area contributed by atoms with Crippen LogP contribution in [0.15, 0.2) is 26.0 Å². The molecule has 3 fully saturated rings. The summed E-state index contributed by atoms with van der Waals surface area (Å²) < 4.78 is 53.8. The van der Waals surface area contributed by atoms with Gasteiger partial charge in [-0.05, 0) is 61.3 Å². The molecule has 2 bridgehead atoms. The fraction of sp³-hybridized carbons (Fsp3) is 0.667. The molecule has 4 atom stereocenters. The third kappa shape index (κ3) is 3.91. The summed E-state index contributed by atoms with van der Waals surface area (Å²) in [5.41, 5.74) is 0.371. The monoisotopic (exact) mass is 553 g/mol. The first-order valence-corrected chi connectivity index (χ1v) is 17.1. The highest BCUT2D eigenvalue weighted by Crippen LogP contribution is 2.56. The van der Waals surface area contributed by atoms with Gasteiger partial charge in [0.25, 0.3) is 15.9 Å². The number of amides is 1. The molecule has 196 valence electrons. The van der Waals surface area contributed by atoms with Crippen LogP contribution in [0.1, 0.15) is 56.9 Å². The van der Waals surface area contributed by atoms with Crippen molar-refractivity contribution >= 4 is 47.9 Å². The van der Waals surface area contributed by atoms with Gasteiger partial charge in [0.15, 0.2) is 5.84 Å². The Balaban J connectivity index is 1.40. The van der Waals surface area contributed by atoms with Gasteiger partial charge in [-0.2, -0.15) is 8.42 Å². The standard InChI is InChI=1S/C24H31N3O6S3/c1-35(30,31)10-9-15-12-34-23-21(15)36(32,33)26-22(25-23)18-20(28)17-13-7-8-14(11-13)19(17)27(24(18)29)16-5-3-2-4-6-16/h12-14,16-17,19,28H,2-11H2,1H3,(H,25,26). The average Bonchev–Trinajstić information content (AvgIpc) is 3.53. The van der Waals surface area contributed by atoms with Gasteiger partial charge in [0, 0.05) is 24.3 Å². The lowest BCUT2D eigenvalue weighted by Crippen LogP contribution is -2.58. The quantitative estimate of drug-likeness (QED) is 0.572. The largest absolute Gasteiger partial charge is 0.511 e. The van der Waals surface area contributed by atoms with Crippen molar-refractivity contribution in [3.8, 4) is 0 Å². The third-order valence-corrected chi connectivity index (χ3v) is 12.1. The number of anilines is 1. The zero-order valence-electron chi connectivity index (χ0n) is 20.1. The lowest BCUT2D eigenvalue weighted by Gasteiger charge is -2.48. The molecule has 4 unspecified atom stereocenters. The first-order valence-electron chi connectivity index (χ1n) is 12.7. The van der Waals surface area contributed by atoms with E-state index in [9.17, 15) is 26.7 Å². The van der Waals surface area contributed by atoms with E-state index in [2.05, 4.69) is 9.71 Å². The van der Waals surface area contributed by atoms with Crippen molar-refractivity contribution in [2.24, 2.45) is 22.2 Å². The Morgan fingerprint density at radius 1 is 1.17 bits per heavy atom. The van der Waals surface area contributed by atoms with Crippen molar-refractivity contribution in [2.45, 2.75) is 74.8 Å². The molecule has 0 aromatic carbocycles. The summed E-state index contributed by atoms with van der Waals surface area (Å²) in [5, 5.41) is 16.4. The number of thiophene rings is 1. The lowest BCUT2D eigenvalue weighted by molar-refractivity contribution is -0.137. The Bertz CT molecular complexity index is 1390. The van der Waals surface area contributed by atoms with Gasteiger partial charge in [0.05, 0.1) is 5.75 Å². The third-order valence-electron chi connectivity index (χ3n) is 8.68. The van der Waals surface area contributed by atoms with Crippen LogP contribution in [0.25, 0.3) is 0 Å². The Morgan fingerprint density at radius 2 is 1.89 bits per heavy atom. The topological polar surface area (TPSA) is 133 Å². The van der Waals surface area contributed by atoms with Gasteiger partial charge < -0.3 is 15.3 Å². The van der Waals surface area contributed by atoms with Gasteiger partial charge in [0.1, 0.15) is 31.1 Å². The fourth-order valence-corrected chi connectivity index (χ4v) is 10.5. The van der Waals surface area contributed by atoms with Crippen LogP contribution in [-0.2, 0) is 31.1 Å². The second-order valence-corrected chi connectivity index (χ2v) is 15.6. The molecule has 3 saturated carbocycles. The van der Waals surface area contributed by atoms with Crippen molar-refractivity contribution in [3.05, 3.63) is 22.3 Å². The number of aryl methyl sites for hydroxylation is 1. The second-order valence-electron chi connectivity index (χ2n) is 11.0. The molecule has 0 radical (unpaired) electrons. The molecular formula is C24H31N3O6S3. The Kier molecular flexibility index (Phi) is 5.80.